The van der Waals surface area contributed by atoms with Crippen LogP contribution in [0.2, 0.25) is 0 Å². The molecule has 5 nitrogen and oxygen atoms in total. The van der Waals surface area contributed by atoms with Crippen molar-refractivity contribution < 1.29 is 8.42 Å². The zero-order valence-electron chi connectivity index (χ0n) is 13.1. The van der Waals surface area contributed by atoms with Gasteiger partial charge in [0.1, 0.15) is 11.0 Å². The van der Waals surface area contributed by atoms with Crippen molar-refractivity contribution in [2.75, 3.05) is 28.8 Å². The third kappa shape index (κ3) is 2.16. The van der Waals surface area contributed by atoms with Gasteiger partial charge in [0.2, 0.25) is 0 Å². The number of aryl methyl sites for hydroxylation is 1. The fourth-order valence-corrected chi connectivity index (χ4v) is 5.23. The molecule has 6 heteroatoms. The van der Waals surface area contributed by atoms with Gasteiger partial charge in [0.15, 0.2) is 0 Å². The summed E-state index contributed by atoms with van der Waals surface area (Å²) in [5.74, 6) is 0. The van der Waals surface area contributed by atoms with E-state index in [2.05, 4.69) is 11.0 Å². The van der Waals surface area contributed by atoms with Crippen LogP contribution < -0.4 is 9.21 Å². The molecule has 0 N–H and O–H groups in total. The van der Waals surface area contributed by atoms with Crippen LogP contribution in [0.25, 0.3) is 0 Å². The van der Waals surface area contributed by atoms with Gasteiger partial charge in [0.05, 0.1) is 23.5 Å². The van der Waals surface area contributed by atoms with Crippen molar-refractivity contribution in [2.24, 2.45) is 0 Å². The third-order valence-corrected chi connectivity index (χ3v) is 6.58. The van der Waals surface area contributed by atoms with E-state index < -0.39 is 10.0 Å². The standard InChI is InChI=1S/C18H17N3O2S/c19-13-15-5-1-2-9-17(15)24(22,23)21-12-11-20-10-4-7-14-6-3-8-16(21)18(14)20/h1-3,5-6,8-9H,4,7,10-12H2. The molecule has 0 spiro atoms. The second-order valence-electron chi connectivity index (χ2n) is 6.06. The van der Waals surface area contributed by atoms with Gasteiger partial charge in [-0.05, 0) is 36.6 Å². The van der Waals surface area contributed by atoms with E-state index in [1.165, 1.54) is 15.9 Å². The average Bonchev–Trinajstić information content (AvgIpc) is 2.62. The molecule has 2 aliphatic rings. The molecule has 0 bridgehead atoms. The summed E-state index contributed by atoms with van der Waals surface area (Å²) in [6.07, 6.45) is 2.07. The predicted octanol–water partition coefficient (Wildman–Crippen LogP) is 2.52. The zero-order chi connectivity index (χ0) is 16.7. The molecule has 24 heavy (non-hydrogen) atoms. The molecule has 4 rings (SSSR count). The van der Waals surface area contributed by atoms with Gasteiger partial charge in [-0.15, -0.1) is 0 Å². The molecule has 0 fully saturated rings. The number of hydrogen-bond donors (Lipinski definition) is 0. The predicted molar refractivity (Wildman–Crippen MR) is 92.7 cm³/mol. The maximum absolute atomic E-state index is 13.2. The normalized spacial score (nSPS) is 16.5. The van der Waals surface area contributed by atoms with Gasteiger partial charge < -0.3 is 4.90 Å². The highest BCUT2D eigenvalue weighted by Gasteiger charge is 2.35. The molecule has 0 radical (unpaired) electrons. The molecule has 2 aliphatic heterocycles. The number of hydrogen-bond acceptors (Lipinski definition) is 4. The second kappa shape index (κ2) is 5.53. The van der Waals surface area contributed by atoms with E-state index in [0.29, 0.717) is 13.1 Å². The molecular formula is C18H17N3O2S. The molecule has 2 heterocycles. The summed E-state index contributed by atoms with van der Waals surface area (Å²) < 4.78 is 27.9. The largest absolute Gasteiger partial charge is 0.368 e. The van der Waals surface area contributed by atoms with Crippen molar-refractivity contribution in [1.82, 2.24) is 0 Å². The smallest absolute Gasteiger partial charge is 0.265 e. The van der Waals surface area contributed by atoms with Gasteiger partial charge in [0, 0.05) is 13.1 Å². The Morgan fingerprint density at radius 1 is 1.00 bits per heavy atom. The van der Waals surface area contributed by atoms with Crippen molar-refractivity contribution in [1.29, 1.82) is 5.26 Å². The van der Waals surface area contributed by atoms with Crippen LogP contribution in [0.4, 0.5) is 11.4 Å². The average molecular weight is 339 g/mol. The summed E-state index contributed by atoms with van der Waals surface area (Å²) in [6, 6.07) is 14.2. The zero-order valence-corrected chi connectivity index (χ0v) is 14.0. The van der Waals surface area contributed by atoms with Crippen LogP contribution in [0.1, 0.15) is 17.5 Å². The summed E-state index contributed by atoms with van der Waals surface area (Å²) >= 11 is 0. The van der Waals surface area contributed by atoms with Gasteiger partial charge >= 0.3 is 0 Å². The lowest BCUT2D eigenvalue weighted by Crippen LogP contribution is -2.46. The number of nitriles is 1. The highest BCUT2D eigenvalue weighted by Crippen LogP contribution is 2.41. The summed E-state index contributed by atoms with van der Waals surface area (Å²) in [4.78, 5) is 2.35. The van der Waals surface area contributed by atoms with Gasteiger partial charge in [-0.3, -0.25) is 4.31 Å². The molecule has 0 amide bonds. The summed E-state index contributed by atoms with van der Waals surface area (Å²) in [5.41, 5.74) is 3.15. The van der Waals surface area contributed by atoms with Gasteiger partial charge in [-0.2, -0.15) is 5.26 Å². The lowest BCUT2D eigenvalue weighted by molar-refractivity contribution is 0.585. The van der Waals surface area contributed by atoms with Crippen LogP contribution in [-0.2, 0) is 16.4 Å². The molecule has 2 aromatic carbocycles. The first-order valence-electron chi connectivity index (χ1n) is 8.01. The molecule has 2 aromatic rings. The minimum absolute atomic E-state index is 0.0781. The van der Waals surface area contributed by atoms with E-state index in [9.17, 15) is 13.7 Å². The Labute approximate surface area is 141 Å². The first kappa shape index (κ1) is 15.0. The minimum Gasteiger partial charge on any atom is -0.368 e. The van der Waals surface area contributed by atoms with Gasteiger partial charge in [0.25, 0.3) is 10.0 Å². The first-order valence-corrected chi connectivity index (χ1v) is 9.45. The monoisotopic (exact) mass is 339 g/mol. The molecule has 0 saturated carbocycles. The van der Waals surface area contributed by atoms with Gasteiger partial charge in [-0.25, -0.2) is 8.42 Å². The maximum atomic E-state index is 13.2. The number of anilines is 2. The van der Waals surface area contributed by atoms with E-state index in [-0.39, 0.29) is 10.5 Å². The Bertz CT molecular complexity index is 947. The Morgan fingerprint density at radius 3 is 2.67 bits per heavy atom. The van der Waals surface area contributed by atoms with Gasteiger partial charge in [-0.1, -0.05) is 24.3 Å². The number of sulfonamides is 1. The number of rotatable bonds is 2. The lowest BCUT2D eigenvalue weighted by Gasteiger charge is -2.41. The van der Waals surface area contributed by atoms with E-state index >= 15 is 0 Å². The highest BCUT2D eigenvalue weighted by molar-refractivity contribution is 7.93. The Hall–Kier alpha value is -2.52. The van der Waals surface area contributed by atoms with Crippen LogP contribution in [0.5, 0.6) is 0 Å². The fourth-order valence-electron chi connectivity index (χ4n) is 3.63. The van der Waals surface area contributed by atoms with E-state index in [4.69, 9.17) is 0 Å². The molecule has 0 atom stereocenters. The third-order valence-electron chi connectivity index (χ3n) is 4.71. The van der Waals surface area contributed by atoms with Crippen LogP contribution in [0.15, 0.2) is 47.4 Å². The molecule has 0 aromatic heterocycles. The van der Waals surface area contributed by atoms with E-state index in [1.807, 2.05) is 18.2 Å². The topological polar surface area (TPSA) is 64.4 Å². The van der Waals surface area contributed by atoms with Crippen LogP contribution in [0, 0.1) is 11.3 Å². The molecule has 0 saturated heterocycles. The molecule has 0 unspecified atom stereocenters. The summed E-state index contributed by atoms with van der Waals surface area (Å²) in [7, 11) is -3.76. The lowest BCUT2D eigenvalue weighted by atomic mass is 9.99. The van der Waals surface area contributed by atoms with Crippen molar-refractivity contribution in [3.63, 3.8) is 0 Å². The van der Waals surface area contributed by atoms with Crippen LogP contribution in [0.3, 0.4) is 0 Å². The van der Waals surface area contributed by atoms with E-state index in [1.54, 1.807) is 18.2 Å². The SMILES string of the molecule is N#Cc1ccccc1S(=O)(=O)N1CCN2CCCc3cccc1c32. The van der Waals surface area contributed by atoms with Crippen LogP contribution >= 0.6 is 0 Å². The van der Waals surface area contributed by atoms with Crippen molar-refractivity contribution in [2.45, 2.75) is 17.7 Å². The highest BCUT2D eigenvalue weighted by atomic mass is 32.2. The van der Waals surface area contributed by atoms with Crippen molar-refractivity contribution in [3.05, 3.63) is 53.6 Å². The second-order valence-corrected chi connectivity index (χ2v) is 7.89. The number of para-hydroxylation sites is 1. The fraction of sp³-hybridized carbons (Fsp3) is 0.278. The number of benzene rings is 2. The molecule has 0 aliphatic carbocycles. The Balaban J connectivity index is 1.88. The summed E-state index contributed by atoms with van der Waals surface area (Å²) in [5, 5.41) is 9.27. The summed E-state index contributed by atoms with van der Waals surface area (Å²) in [6.45, 7) is 2.04. The van der Waals surface area contributed by atoms with E-state index in [0.717, 1.165) is 30.8 Å². The first-order chi connectivity index (χ1) is 11.6. The maximum Gasteiger partial charge on any atom is 0.265 e. The quantitative estimate of drug-likeness (QED) is 0.843. The molecule has 122 valence electrons. The molecular weight excluding hydrogens is 322 g/mol. The van der Waals surface area contributed by atoms with Crippen molar-refractivity contribution >= 4 is 21.4 Å². The van der Waals surface area contributed by atoms with Crippen LogP contribution in [-0.4, -0.2) is 28.1 Å². The van der Waals surface area contributed by atoms with Crippen molar-refractivity contribution in [3.8, 4) is 6.07 Å². The Kier molecular flexibility index (Phi) is 3.47. The Morgan fingerprint density at radius 2 is 1.83 bits per heavy atom. The minimum atomic E-state index is -3.76. The number of nitrogens with zero attached hydrogens (tertiary/aromatic N) is 3.